The zero-order chi connectivity index (χ0) is 14.4. The van der Waals surface area contributed by atoms with Gasteiger partial charge in [0.15, 0.2) is 0 Å². The molecule has 0 aliphatic heterocycles. The average Bonchev–Trinajstić information content (AvgIpc) is 2.48. The molecule has 0 radical (unpaired) electrons. The van der Waals surface area contributed by atoms with Gasteiger partial charge in [0.25, 0.3) is 0 Å². The van der Waals surface area contributed by atoms with Gasteiger partial charge in [-0.1, -0.05) is 36.4 Å². The molecule has 2 aromatic carbocycles. The summed E-state index contributed by atoms with van der Waals surface area (Å²) in [5.41, 5.74) is 2.68. The topological polar surface area (TPSA) is 38.3 Å². The van der Waals surface area contributed by atoms with Gasteiger partial charge in [-0.2, -0.15) is 0 Å². The molecule has 4 heteroatoms. The second-order valence-electron chi connectivity index (χ2n) is 4.58. The van der Waals surface area contributed by atoms with Gasteiger partial charge in [-0.25, -0.2) is 4.79 Å². The van der Waals surface area contributed by atoms with Crippen LogP contribution in [0.4, 0.5) is 5.69 Å². The summed E-state index contributed by atoms with van der Waals surface area (Å²) in [5, 5.41) is 3.39. The lowest BCUT2D eigenvalue weighted by Crippen LogP contribution is -2.08. The maximum Gasteiger partial charge on any atom is 0.338 e. The van der Waals surface area contributed by atoms with Crippen molar-refractivity contribution in [2.75, 3.05) is 11.9 Å². The van der Waals surface area contributed by atoms with Gasteiger partial charge in [-0.05, 0) is 37.6 Å². The highest BCUT2D eigenvalue weighted by molar-refractivity contribution is 5.90. The highest BCUT2D eigenvalue weighted by Crippen LogP contribution is 2.20. The largest absolute Gasteiger partial charge is 0.462 e. The second kappa shape index (κ2) is 8.32. The van der Waals surface area contributed by atoms with Crippen LogP contribution in [0.3, 0.4) is 0 Å². The van der Waals surface area contributed by atoms with E-state index >= 15 is 0 Å². The van der Waals surface area contributed by atoms with Crippen LogP contribution in [0.5, 0.6) is 0 Å². The van der Waals surface area contributed by atoms with E-state index in [1.807, 2.05) is 36.4 Å². The minimum absolute atomic E-state index is 0. The molecule has 0 saturated heterocycles. The summed E-state index contributed by atoms with van der Waals surface area (Å²) >= 11 is 0. The first-order valence-corrected chi connectivity index (χ1v) is 6.79. The normalized spacial score (nSPS) is 11.1. The van der Waals surface area contributed by atoms with E-state index in [0.29, 0.717) is 12.2 Å². The third-order valence-corrected chi connectivity index (χ3v) is 3.06. The Morgan fingerprint density at radius 1 is 1.14 bits per heavy atom. The minimum Gasteiger partial charge on any atom is -0.462 e. The number of hydrogen-bond donors (Lipinski definition) is 1. The lowest BCUT2D eigenvalue weighted by molar-refractivity contribution is 0.0526. The number of halogens is 1. The molecule has 1 atom stereocenters. The summed E-state index contributed by atoms with van der Waals surface area (Å²) in [7, 11) is 0. The molecule has 2 aromatic rings. The highest BCUT2D eigenvalue weighted by Gasteiger charge is 2.09. The van der Waals surface area contributed by atoms with Gasteiger partial charge in [0.2, 0.25) is 0 Å². The van der Waals surface area contributed by atoms with Gasteiger partial charge in [0.1, 0.15) is 0 Å². The predicted molar refractivity (Wildman–Crippen MR) is 88.1 cm³/mol. The SMILES string of the molecule is CCOC(=O)c1cccc(NC(C)c2ccccc2)c1.Cl. The molecular weight excluding hydrogens is 286 g/mol. The van der Waals surface area contributed by atoms with Crippen molar-refractivity contribution >= 4 is 24.1 Å². The maximum atomic E-state index is 11.7. The first-order chi connectivity index (χ1) is 9.70. The van der Waals surface area contributed by atoms with E-state index in [4.69, 9.17) is 4.74 Å². The van der Waals surface area contributed by atoms with Crippen molar-refractivity contribution in [2.45, 2.75) is 19.9 Å². The van der Waals surface area contributed by atoms with Crippen LogP contribution in [0.2, 0.25) is 0 Å². The molecule has 0 aliphatic rings. The fraction of sp³-hybridized carbons (Fsp3) is 0.235. The van der Waals surface area contributed by atoms with Crippen LogP contribution >= 0.6 is 12.4 Å². The van der Waals surface area contributed by atoms with E-state index in [2.05, 4.69) is 24.4 Å². The molecule has 0 aliphatic carbocycles. The molecule has 0 amide bonds. The minimum atomic E-state index is -0.288. The van der Waals surface area contributed by atoms with Crippen LogP contribution in [0, 0.1) is 0 Å². The van der Waals surface area contributed by atoms with Crippen molar-refractivity contribution in [1.82, 2.24) is 0 Å². The number of benzene rings is 2. The summed E-state index contributed by atoms with van der Waals surface area (Å²) in [5.74, 6) is -0.288. The van der Waals surface area contributed by atoms with Crippen LogP contribution < -0.4 is 5.32 Å². The van der Waals surface area contributed by atoms with E-state index in [-0.39, 0.29) is 24.4 Å². The Morgan fingerprint density at radius 2 is 1.86 bits per heavy atom. The van der Waals surface area contributed by atoms with Gasteiger partial charge in [0.05, 0.1) is 12.2 Å². The quantitative estimate of drug-likeness (QED) is 0.829. The van der Waals surface area contributed by atoms with Gasteiger partial charge in [-0.3, -0.25) is 0 Å². The van der Waals surface area contributed by atoms with Crippen molar-refractivity contribution in [3.05, 3.63) is 65.7 Å². The molecule has 1 unspecified atom stereocenters. The van der Waals surface area contributed by atoms with Crippen molar-refractivity contribution < 1.29 is 9.53 Å². The molecule has 0 saturated carbocycles. The maximum absolute atomic E-state index is 11.7. The lowest BCUT2D eigenvalue weighted by Gasteiger charge is -2.16. The van der Waals surface area contributed by atoms with Gasteiger partial charge in [-0.15, -0.1) is 12.4 Å². The third kappa shape index (κ3) is 4.80. The fourth-order valence-corrected chi connectivity index (χ4v) is 2.03. The van der Waals surface area contributed by atoms with Crippen LogP contribution in [0.1, 0.15) is 35.8 Å². The van der Waals surface area contributed by atoms with Crippen molar-refractivity contribution in [3.8, 4) is 0 Å². The number of anilines is 1. The zero-order valence-electron chi connectivity index (χ0n) is 12.2. The highest BCUT2D eigenvalue weighted by atomic mass is 35.5. The van der Waals surface area contributed by atoms with Crippen LogP contribution in [-0.4, -0.2) is 12.6 Å². The molecular formula is C17H20ClNO2. The number of ether oxygens (including phenoxy) is 1. The average molecular weight is 306 g/mol. The van der Waals surface area contributed by atoms with Crippen LogP contribution in [0.15, 0.2) is 54.6 Å². The smallest absolute Gasteiger partial charge is 0.338 e. The molecule has 0 bridgehead atoms. The molecule has 1 N–H and O–H groups in total. The van der Waals surface area contributed by atoms with Crippen molar-refractivity contribution in [3.63, 3.8) is 0 Å². The van der Waals surface area contributed by atoms with Gasteiger partial charge < -0.3 is 10.1 Å². The Morgan fingerprint density at radius 3 is 2.52 bits per heavy atom. The summed E-state index contributed by atoms with van der Waals surface area (Å²) in [4.78, 5) is 11.7. The van der Waals surface area contributed by atoms with Crippen LogP contribution in [0.25, 0.3) is 0 Å². The Bertz CT molecular complexity index is 572. The molecule has 0 aromatic heterocycles. The summed E-state index contributed by atoms with van der Waals surface area (Å²) in [6.07, 6.45) is 0. The molecule has 112 valence electrons. The van der Waals surface area contributed by atoms with E-state index in [1.165, 1.54) is 5.56 Å². The number of carbonyl (C=O) groups is 1. The monoisotopic (exact) mass is 305 g/mol. The molecule has 2 rings (SSSR count). The number of esters is 1. The Kier molecular flexibility index (Phi) is 6.76. The van der Waals surface area contributed by atoms with Crippen molar-refractivity contribution in [1.29, 1.82) is 0 Å². The second-order valence-corrected chi connectivity index (χ2v) is 4.58. The first kappa shape index (κ1) is 17.1. The summed E-state index contributed by atoms with van der Waals surface area (Å²) < 4.78 is 5.01. The number of hydrogen-bond acceptors (Lipinski definition) is 3. The zero-order valence-corrected chi connectivity index (χ0v) is 13.0. The first-order valence-electron chi connectivity index (χ1n) is 6.79. The molecule has 0 fully saturated rings. The molecule has 0 spiro atoms. The van der Waals surface area contributed by atoms with E-state index in [1.54, 1.807) is 13.0 Å². The fourth-order valence-electron chi connectivity index (χ4n) is 2.03. The summed E-state index contributed by atoms with van der Waals surface area (Å²) in [6.45, 7) is 4.28. The van der Waals surface area contributed by atoms with E-state index in [0.717, 1.165) is 5.69 Å². The molecule has 3 nitrogen and oxygen atoms in total. The number of rotatable bonds is 5. The van der Waals surface area contributed by atoms with Gasteiger partial charge >= 0.3 is 5.97 Å². The van der Waals surface area contributed by atoms with E-state index < -0.39 is 0 Å². The molecule has 0 heterocycles. The lowest BCUT2D eigenvalue weighted by atomic mass is 10.1. The van der Waals surface area contributed by atoms with Crippen LogP contribution in [-0.2, 0) is 4.74 Å². The Hall–Kier alpha value is -2.00. The van der Waals surface area contributed by atoms with Crippen molar-refractivity contribution in [2.24, 2.45) is 0 Å². The Labute approximate surface area is 131 Å². The standard InChI is InChI=1S/C17H19NO2.ClH/c1-3-20-17(19)15-10-7-11-16(12-15)18-13(2)14-8-5-4-6-9-14;/h4-13,18H,3H2,1-2H3;1H. The molecule has 21 heavy (non-hydrogen) atoms. The predicted octanol–water partition coefficient (Wildman–Crippen LogP) is 4.46. The summed E-state index contributed by atoms with van der Waals surface area (Å²) in [6, 6.07) is 17.7. The van der Waals surface area contributed by atoms with Gasteiger partial charge in [0, 0.05) is 11.7 Å². The van der Waals surface area contributed by atoms with E-state index in [9.17, 15) is 4.79 Å². The Balaban J connectivity index is 0.00000220. The number of carbonyl (C=O) groups excluding carboxylic acids is 1. The number of nitrogens with one attached hydrogen (secondary N) is 1. The third-order valence-electron chi connectivity index (χ3n) is 3.06.